The molecule has 0 aliphatic rings. The molecule has 1 aromatic rings. The lowest BCUT2D eigenvalue weighted by Crippen LogP contribution is -2.33. The van der Waals surface area contributed by atoms with Crippen molar-refractivity contribution in [2.45, 2.75) is 39.1 Å². The molecule has 0 unspecified atom stereocenters. The molecular weight excluding hydrogens is 292 g/mol. The Hall–Kier alpha value is -0.430. The van der Waals surface area contributed by atoms with Crippen molar-refractivity contribution in [3.05, 3.63) is 16.3 Å². The highest BCUT2D eigenvalue weighted by molar-refractivity contribution is 7.89. The monoisotopic (exact) mass is 318 g/mol. The number of thiophene rings is 1. The van der Waals surface area contributed by atoms with Crippen LogP contribution in [0, 0.1) is 17.8 Å². The van der Waals surface area contributed by atoms with E-state index in [9.17, 15) is 8.42 Å². The molecule has 1 aromatic heterocycles. The summed E-state index contributed by atoms with van der Waals surface area (Å²) in [6, 6.07) is 1.74. The van der Waals surface area contributed by atoms with Gasteiger partial charge < -0.3 is 5.32 Å². The Morgan fingerprint density at radius 3 is 2.30 bits per heavy atom. The molecule has 1 heterocycles. The van der Waals surface area contributed by atoms with Gasteiger partial charge in [0.2, 0.25) is 10.0 Å². The van der Waals surface area contributed by atoms with Crippen molar-refractivity contribution in [2.24, 2.45) is 17.8 Å². The minimum atomic E-state index is -3.39. The summed E-state index contributed by atoms with van der Waals surface area (Å²) in [6.07, 6.45) is 0. The second kappa shape index (κ2) is 7.54. The summed E-state index contributed by atoms with van der Waals surface area (Å²) < 4.78 is 27.3. The molecule has 0 spiro atoms. The zero-order chi connectivity index (χ0) is 15.3. The van der Waals surface area contributed by atoms with E-state index in [0.29, 0.717) is 35.7 Å². The minimum Gasteiger partial charge on any atom is -0.315 e. The van der Waals surface area contributed by atoms with Crippen LogP contribution in [0.2, 0.25) is 0 Å². The number of sulfonamides is 1. The molecule has 2 N–H and O–H groups in total. The third kappa shape index (κ3) is 4.84. The van der Waals surface area contributed by atoms with Gasteiger partial charge in [-0.2, -0.15) is 0 Å². The summed E-state index contributed by atoms with van der Waals surface area (Å²) in [5.74, 6) is 1.26. The van der Waals surface area contributed by atoms with E-state index >= 15 is 0 Å². The first kappa shape index (κ1) is 17.6. The van der Waals surface area contributed by atoms with E-state index in [0.717, 1.165) is 4.88 Å². The van der Waals surface area contributed by atoms with Crippen LogP contribution in [-0.4, -0.2) is 22.0 Å². The lowest BCUT2D eigenvalue weighted by molar-refractivity contribution is 0.289. The summed E-state index contributed by atoms with van der Waals surface area (Å²) in [5.41, 5.74) is 0. The molecule has 0 amide bonds. The van der Waals surface area contributed by atoms with Crippen LogP contribution in [0.25, 0.3) is 0 Å². The molecule has 0 aliphatic carbocycles. The molecule has 0 aromatic carbocycles. The molecular formula is C14H26N2O2S2. The molecule has 20 heavy (non-hydrogen) atoms. The molecule has 0 radical (unpaired) electrons. The number of rotatable bonds is 8. The first-order valence-electron chi connectivity index (χ1n) is 6.99. The van der Waals surface area contributed by atoms with E-state index in [4.69, 9.17) is 0 Å². The van der Waals surface area contributed by atoms with Gasteiger partial charge >= 0.3 is 0 Å². The lowest BCUT2D eigenvalue weighted by Gasteiger charge is -2.24. The summed E-state index contributed by atoms with van der Waals surface area (Å²) in [5, 5.41) is 4.73. The standard InChI is InChI=1S/C14H26N2O2S2/c1-10(2)14(11(3)4)8-16-20(17,18)13-6-12(7-15-5)19-9-13/h6,9-11,14-16H,7-8H2,1-5H3. The van der Waals surface area contributed by atoms with E-state index in [1.165, 1.54) is 11.3 Å². The Bertz CT molecular complexity index is 499. The predicted molar refractivity (Wildman–Crippen MR) is 85.4 cm³/mol. The molecule has 0 fully saturated rings. The van der Waals surface area contributed by atoms with Crippen LogP contribution in [0.5, 0.6) is 0 Å². The lowest BCUT2D eigenvalue weighted by atomic mass is 9.86. The van der Waals surface area contributed by atoms with Crippen LogP contribution in [0.15, 0.2) is 16.3 Å². The summed E-state index contributed by atoms with van der Waals surface area (Å²) in [6.45, 7) is 9.72. The Morgan fingerprint density at radius 2 is 1.80 bits per heavy atom. The first-order valence-corrected chi connectivity index (χ1v) is 9.36. The molecule has 0 bridgehead atoms. The minimum absolute atomic E-state index is 0.347. The molecule has 0 saturated heterocycles. The van der Waals surface area contributed by atoms with Crippen molar-refractivity contribution < 1.29 is 8.42 Å². The third-order valence-corrected chi connectivity index (χ3v) is 6.00. The summed E-state index contributed by atoms with van der Waals surface area (Å²) in [4.78, 5) is 1.40. The Kier molecular flexibility index (Phi) is 6.64. The van der Waals surface area contributed by atoms with E-state index in [1.54, 1.807) is 11.4 Å². The van der Waals surface area contributed by atoms with Gasteiger partial charge in [0.05, 0.1) is 4.90 Å². The van der Waals surface area contributed by atoms with Crippen molar-refractivity contribution in [1.82, 2.24) is 10.0 Å². The van der Waals surface area contributed by atoms with Gasteiger partial charge in [0.1, 0.15) is 0 Å². The molecule has 6 heteroatoms. The number of nitrogens with one attached hydrogen (secondary N) is 2. The average Bonchev–Trinajstić information content (AvgIpc) is 2.78. The largest absolute Gasteiger partial charge is 0.315 e. The third-order valence-electron chi connectivity index (χ3n) is 3.51. The Morgan fingerprint density at radius 1 is 1.20 bits per heavy atom. The highest BCUT2D eigenvalue weighted by Gasteiger charge is 2.22. The molecule has 1 rings (SSSR count). The van der Waals surface area contributed by atoms with Gasteiger partial charge in [0.25, 0.3) is 0 Å². The highest BCUT2D eigenvalue weighted by Crippen LogP contribution is 2.22. The predicted octanol–water partition coefficient (Wildman–Crippen LogP) is 2.67. The molecule has 0 saturated carbocycles. The van der Waals surface area contributed by atoms with Crippen molar-refractivity contribution in [2.75, 3.05) is 13.6 Å². The molecule has 0 aliphatic heterocycles. The molecule has 4 nitrogen and oxygen atoms in total. The average molecular weight is 319 g/mol. The normalized spacial score (nSPS) is 12.8. The van der Waals surface area contributed by atoms with Crippen LogP contribution in [0.1, 0.15) is 32.6 Å². The topological polar surface area (TPSA) is 58.2 Å². The second-order valence-electron chi connectivity index (χ2n) is 5.78. The fourth-order valence-electron chi connectivity index (χ4n) is 2.30. The maximum Gasteiger partial charge on any atom is 0.241 e. The van der Waals surface area contributed by atoms with Gasteiger partial charge in [-0.15, -0.1) is 11.3 Å². The number of hydrogen-bond donors (Lipinski definition) is 2. The van der Waals surface area contributed by atoms with Crippen LogP contribution in [-0.2, 0) is 16.6 Å². The van der Waals surface area contributed by atoms with E-state index in [2.05, 4.69) is 37.7 Å². The smallest absolute Gasteiger partial charge is 0.241 e. The maximum absolute atomic E-state index is 12.3. The van der Waals surface area contributed by atoms with E-state index < -0.39 is 10.0 Å². The van der Waals surface area contributed by atoms with Crippen molar-refractivity contribution in [3.8, 4) is 0 Å². The van der Waals surface area contributed by atoms with E-state index in [1.807, 2.05) is 7.05 Å². The summed E-state index contributed by atoms with van der Waals surface area (Å²) in [7, 11) is -1.54. The van der Waals surface area contributed by atoms with Crippen molar-refractivity contribution >= 4 is 21.4 Å². The van der Waals surface area contributed by atoms with Gasteiger partial charge in [0.15, 0.2) is 0 Å². The molecule has 0 atom stereocenters. The maximum atomic E-state index is 12.3. The van der Waals surface area contributed by atoms with Crippen molar-refractivity contribution in [1.29, 1.82) is 0 Å². The zero-order valence-corrected chi connectivity index (χ0v) is 14.6. The van der Waals surface area contributed by atoms with Crippen molar-refractivity contribution in [3.63, 3.8) is 0 Å². The zero-order valence-electron chi connectivity index (χ0n) is 12.9. The Labute approximate surface area is 127 Å². The fourth-order valence-corrected chi connectivity index (χ4v) is 4.66. The van der Waals surface area contributed by atoms with Gasteiger partial charge in [-0.1, -0.05) is 27.7 Å². The van der Waals surface area contributed by atoms with Gasteiger partial charge in [0, 0.05) is 23.3 Å². The SMILES string of the molecule is CNCc1cc(S(=O)(=O)NCC(C(C)C)C(C)C)cs1. The van der Waals surface area contributed by atoms with Crippen LogP contribution < -0.4 is 10.0 Å². The van der Waals surface area contributed by atoms with Gasteiger partial charge in [-0.25, -0.2) is 13.1 Å². The highest BCUT2D eigenvalue weighted by atomic mass is 32.2. The fraction of sp³-hybridized carbons (Fsp3) is 0.714. The molecule has 116 valence electrons. The van der Waals surface area contributed by atoms with E-state index in [-0.39, 0.29) is 0 Å². The van der Waals surface area contributed by atoms with Crippen LogP contribution in [0.3, 0.4) is 0 Å². The second-order valence-corrected chi connectivity index (χ2v) is 8.55. The van der Waals surface area contributed by atoms with Crippen LogP contribution in [0.4, 0.5) is 0 Å². The number of hydrogen-bond acceptors (Lipinski definition) is 4. The first-order chi connectivity index (χ1) is 9.27. The van der Waals surface area contributed by atoms with Gasteiger partial charge in [-0.3, -0.25) is 0 Å². The Balaban J connectivity index is 2.73. The quantitative estimate of drug-likeness (QED) is 0.775. The van der Waals surface area contributed by atoms with Crippen LogP contribution >= 0.6 is 11.3 Å². The summed E-state index contributed by atoms with van der Waals surface area (Å²) >= 11 is 1.47. The van der Waals surface area contributed by atoms with Gasteiger partial charge in [-0.05, 0) is 30.9 Å².